The van der Waals surface area contributed by atoms with Gasteiger partial charge in [0.1, 0.15) is 17.5 Å². The van der Waals surface area contributed by atoms with Crippen molar-refractivity contribution in [3.63, 3.8) is 0 Å². The lowest BCUT2D eigenvalue weighted by Crippen LogP contribution is -2.53. The molecular formula is C35H38F4N6O2. The number of piperazine rings is 1. The van der Waals surface area contributed by atoms with E-state index in [0.29, 0.717) is 55.1 Å². The number of nitrogens with one attached hydrogen (secondary N) is 1. The van der Waals surface area contributed by atoms with E-state index in [2.05, 4.69) is 15.2 Å². The van der Waals surface area contributed by atoms with Crippen LogP contribution in [0.15, 0.2) is 60.9 Å². The van der Waals surface area contributed by atoms with Gasteiger partial charge in [0.2, 0.25) is 5.91 Å². The Morgan fingerprint density at radius 3 is 2.43 bits per heavy atom. The number of aromatic nitrogens is 2. The topological polar surface area (TPSA) is 73.2 Å². The maximum Gasteiger partial charge on any atom is 0.255 e. The van der Waals surface area contributed by atoms with Crippen LogP contribution in [0, 0.1) is 18.6 Å². The molecule has 12 heteroatoms. The van der Waals surface area contributed by atoms with Gasteiger partial charge in [-0.25, -0.2) is 22.5 Å². The predicted octanol–water partition coefficient (Wildman–Crippen LogP) is 5.85. The zero-order chi connectivity index (χ0) is 33.4. The van der Waals surface area contributed by atoms with E-state index in [0.717, 1.165) is 28.6 Å². The Labute approximate surface area is 271 Å². The van der Waals surface area contributed by atoms with Gasteiger partial charge in [-0.3, -0.25) is 14.9 Å². The molecular weight excluding hydrogens is 612 g/mol. The molecule has 2 aliphatic heterocycles. The number of fused-ring (bicyclic) bond motifs is 1. The Hall–Kier alpha value is -4.45. The van der Waals surface area contributed by atoms with Crippen molar-refractivity contribution in [3.05, 3.63) is 89.5 Å². The van der Waals surface area contributed by atoms with Crippen LogP contribution in [0.5, 0.6) is 0 Å². The molecule has 1 N–H and O–H groups in total. The number of hydrogen-bond acceptors (Lipinski definition) is 5. The molecule has 2 amide bonds. The van der Waals surface area contributed by atoms with Crippen LogP contribution in [0.1, 0.15) is 54.5 Å². The summed E-state index contributed by atoms with van der Waals surface area (Å²) in [6, 6.07) is 11.3. The Kier molecular flexibility index (Phi) is 9.23. The third-order valence-electron chi connectivity index (χ3n) is 9.18. The smallest absolute Gasteiger partial charge is 0.255 e. The fourth-order valence-electron chi connectivity index (χ4n) is 6.68. The van der Waals surface area contributed by atoms with Crippen LogP contribution in [0.3, 0.4) is 0 Å². The summed E-state index contributed by atoms with van der Waals surface area (Å²) in [5.74, 6) is -0.892. The lowest BCUT2D eigenvalue weighted by Gasteiger charge is -2.37. The molecule has 2 atom stereocenters. The van der Waals surface area contributed by atoms with Gasteiger partial charge in [0.15, 0.2) is 0 Å². The lowest BCUT2D eigenvalue weighted by atomic mass is 9.97. The number of nitrogens with zero attached hydrogens (tertiary/aromatic N) is 5. The molecule has 47 heavy (non-hydrogen) atoms. The maximum atomic E-state index is 14.6. The first-order chi connectivity index (χ1) is 22.5. The number of aryl methyl sites for hydroxylation is 1. The van der Waals surface area contributed by atoms with Gasteiger partial charge in [0.25, 0.3) is 12.3 Å². The summed E-state index contributed by atoms with van der Waals surface area (Å²) < 4.78 is 57.1. The van der Waals surface area contributed by atoms with E-state index in [1.807, 2.05) is 34.6 Å². The number of rotatable bonds is 8. The van der Waals surface area contributed by atoms with Gasteiger partial charge in [0.05, 0.1) is 35.6 Å². The molecule has 6 rings (SSSR count). The van der Waals surface area contributed by atoms with E-state index >= 15 is 0 Å². The quantitative estimate of drug-likeness (QED) is 0.243. The van der Waals surface area contributed by atoms with Crippen molar-refractivity contribution < 1.29 is 27.2 Å². The molecule has 2 saturated heterocycles. The molecule has 2 aromatic heterocycles. The number of imidazole rings is 1. The van der Waals surface area contributed by atoms with E-state index in [1.54, 1.807) is 26.1 Å². The van der Waals surface area contributed by atoms with Crippen LogP contribution in [0.2, 0.25) is 0 Å². The highest BCUT2D eigenvalue weighted by molar-refractivity contribution is 6.03. The number of amides is 2. The zero-order valence-electron chi connectivity index (χ0n) is 26.6. The molecule has 0 saturated carbocycles. The summed E-state index contributed by atoms with van der Waals surface area (Å²) in [6.45, 7) is 6.47. The van der Waals surface area contributed by atoms with E-state index in [1.165, 1.54) is 24.3 Å². The molecule has 1 unspecified atom stereocenters. The SMILES string of the molecule is Cc1ncc2c(-c3ccc(F)cc3C(=O)N(CC(F)F)C(C)C)cc(N3CCN(C(=O)[C@@H]4CCC(c5cccc(F)c5)N4)CC3)cn12. The fraction of sp³-hybridized carbons (Fsp3) is 0.400. The molecule has 8 nitrogen and oxygen atoms in total. The summed E-state index contributed by atoms with van der Waals surface area (Å²) in [4.78, 5) is 36.6. The van der Waals surface area contributed by atoms with Gasteiger partial charge in [-0.05, 0) is 75.1 Å². The molecule has 0 bridgehead atoms. The zero-order valence-corrected chi connectivity index (χ0v) is 26.6. The van der Waals surface area contributed by atoms with Gasteiger partial charge in [-0.1, -0.05) is 18.2 Å². The van der Waals surface area contributed by atoms with Crippen LogP contribution in [0.4, 0.5) is 23.2 Å². The molecule has 0 aliphatic carbocycles. The molecule has 0 radical (unpaired) electrons. The maximum absolute atomic E-state index is 14.6. The number of anilines is 1. The summed E-state index contributed by atoms with van der Waals surface area (Å²) in [7, 11) is 0. The van der Waals surface area contributed by atoms with E-state index in [9.17, 15) is 27.2 Å². The normalized spacial score (nSPS) is 18.5. The Balaban J connectivity index is 1.24. The van der Waals surface area contributed by atoms with Gasteiger partial charge >= 0.3 is 0 Å². The first kappa shape index (κ1) is 32.5. The summed E-state index contributed by atoms with van der Waals surface area (Å²) >= 11 is 0. The largest absolute Gasteiger partial charge is 0.367 e. The summed E-state index contributed by atoms with van der Waals surface area (Å²) in [5, 5.41) is 3.39. The lowest BCUT2D eigenvalue weighted by molar-refractivity contribution is -0.133. The highest BCUT2D eigenvalue weighted by Crippen LogP contribution is 2.35. The number of alkyl halides is 2. The van der Waals surface area contributed by atoms with Crippen molar-refractivity contribution in [2.45, 2.75) is 58.2 Å². The van der Waals surface area contributed by atoms with Crippen molar-refractivity contribution in [2.75, 3.05) is 37.6 Å². The highest BCUT2D eigenvalue weighted by atomic mass is 19.3. The Morgan fingerprint density at radius 1 is 0.979 bits per heavy atom. The second-order valence-electron chi connectivity index (χ2n) is 12.5. The van der Waals surface area contributed by atoms with Crippen LogP contribution in [-0.4, -0.2) is 82.2 Å². The van der Waals surface area contributed by atoms with Crippen molar-refractivity contribution in [2.24, 2.45) is 0 Å². The highest BCUT2D eigenvalue weighted by Gasteiger charge is 2.34. The first-order valence-corrected chi connectivity index (χ1v) is 15.9. The second-order valence-corrected chi connectivity index (χ2v) is 12.5. The third-order valence-corrected chi connectivity index (χ3v) is 9.18. The van der Waals surface area contributed by atoms with Crippen LogP contribution in [0.25, 0.3) is 16.6 Å². The summed E-state index contributed by atoms with van der Waals surface area (Å²) in [5.41, 5.74) is 3.37. The number of benzene rings is 2. The van der Waals surface area contributed by atoms with E-state index in [4.69, 9.17) is 0 Å². The van der Waals surface area contributed by atoms with Gasteiger partial charge in [-0.15, -0.1) is 0 Å². The summed E-state index contributed by atoms with van der Waals surface area (Å²) in [6.07, 6.45) is 2.30. The van der Waals surface area contributed by atoms with E-state index < -0.39 is 30.7 Å². The average Bonchev–Trinajstić information content (AvgIpc) is 3.70. The Morgan fingerprint density at radius 2 is 1.72 bits per heavy atom. The number of carbonyl (C=O) groups excluding carboxylic acids is 2. The monoisotopic (exact) mass is 650 g/mol. The minimum Gasteiger partial charge on any atom is -0.367 e. The third kappa shape index (κ3) is 6.69. The van der Waals surface area contributed by atoms with Crippen molar-refractivity contribution >= 4 is 23.0 Å². The minimum absolute atomic E-state index is 0.00622. The number of carbonyl (C=O) groups is 2. The molecule has 248 valence electrons. The number of pyridine rings is 1. The predicted molar refractivity (Wildman–Crippen MR) is 172 cm³/mol. The molecule has 2 fully saturated rings. The average molecular weight is 651 g/mol. The standard InChI is InChI=1S/C35H38F4N6O2/c1-21(2)44(20-33(38)39)34(46)29-16-25(37)7-8-27(29)28-17-26(19-45-22(3)40-18-32(28)45)42-11-13-43(14-12-42)35(47)31-10-9-30(41-31)23-5-4-6-24(36)15-23/h4-8,15-19,21,30-31,33,41H,9-14,20H2,1-3H3/t30?,31-/m0/s1. The number of halogens is 4. The van der Waals surface area contributed by atoms with Crippen LogP contribution < -0.4 is 10.2 Å². The molecule has 0 spiro atoms. The van der Waals surface area contributed by atoms with Crippen LogP contribution in [-0.2, 0) is 4.79 Å². The second kappa shape index (κ2) is 13.3. The molecule has 4 aromatic rings. The molecule has 4 heterocycles. The van der Waals surface area contributed by atoms with Crippen molar-refractivity contribution in [1.29, 1.82) is 0 Å². The van der Waals surface area contributed by atoms with Crippen molar-refractivity contribution in [1.82, 2.24) is 24.5 Å². The van der Waals surface area contributed by atoms with Gasteiger partial charge < -0.3 is 19.1 Å². The fourth-order valence-corrected chi connectivity index (χ4v) is 6.68. The molecule has 2 aromatic carbocycles. The van der Waals surface area contributed by atoms with Gasteiger partial charge in [-0.2, -0.15) is 0 Å². The van der Waals surface area contributed by atoms with Crippen molar-refractivity contribution in [3.8, 4) is 11.1 Å². The van der Waals surface area contributed by atoms with E-state index in [-0.39, 0.29) is 29.4 Å². The van der Waals surface area contributed by atoms with Gasteiger partial charge in [0, 0.05) is 50.0 Å². The van der Waals surface area contributed by atoms with Crippen LogP contribution >= 0.6 is 0 Å². The molecule has 2 aliphatic rings. The Bertz CT molecular complexity index is 1790. The number of hydrogen-bond donors (Lipinski definition) is 1. The first-order valence-electron chi connectivity index (χ1n) is 15.9. The minimum atomic E-state index is -2.74.